The molecule has 10 heteroatoms. The van der Waals surface area contributed by atoms with Crippen LogP contribution in [0, 0.1) is 0 Å². The van der Waals surface area contributed by atoms with Gasteiger partial charge < -0.3 is 10.2 Å². The van der Waals surface area contributed by atoms with Crippen LogP contribution in [0.5, 0.6) is 11.5 Å². The monoisotopic (exact) mass is 492 g/mol. The van der Waals surface area contributed by atoms with Crippen molar-refractivity contribution in [2.45, 2.75) is 4.75 Å². The first-order valence-electron chi connectivity index (χ1n) is 7.90. The van der Waals surface area contributed by atoms with Crippen molar-refractivity contribution in [1.82, 2.24) is 0 Å². The highest BCUT2D eigenvalue weighted by molar-refractivity contribution is 7.87. The molecule has 1 atom stereocenters. The third kappa shape index (κ3) is 3.54. The fourth-order valence-electron chi connectivity index (χ4n) is 3.20. The van der Waals surface area contributed by atoms with Crippen molar-refractivity contribution in [3.8, 4) is 11.5 Å². The van der Waals surface area contributed by atoms with E-state index in [1.54, 1.807) is 0 Å². The molecular weight excluding hydrogens is 482 g/mol. The summed E-state index contributed by atoms with van der Waals surface area (Å²) < 4.78 is 33.9. The van der Waals surface area contributed by atoms with Gasteiger partial charge in [-0.1, -0.05) is 70.7 Å². The molecule has 5 nitrogen and oxygen atoms in total. The van der Waals surface area contributed by atoms with E-state index in [1.807, 2.05) is 0 Å². The lowest BCUT2D eigenvalue weighted by molar-refractivity contribution is 0.393. The van der Waals surface area contributed by atoms with Gasteiger partial charge in [0.05, 0.1) is 10.0 Å². The molecule has 0 amide bonds. The molecule has 0 spiro atoms. The van der Waals surface area contributed by atoms with Gasteiger partial charge in [0.15, 0.2) is 16.2 Å². The highest BCUT2D eigenvalue weighted by Gasteiger charge is 2.53. The molecule has 0 saturated carbocycles. The van der Waals surface area contributed by atoms with E-state index in [0.717, 1.165) is 6.07 Å². The van der Waals surface area contributed by atoms with Gasteiger partial charge in [-0.2, -0.15) is 8.42 Å². The standard InChI is InChI=1S/C19H12Cl4O5S/c20-11-6-4-10(5-7-11)19(29(26,27)28,12-2-1-3-15(24)18(12)25)16-13(21)8-9-14(22)17(16)23/h1-9,24-25H,(H,26,27,28). The van der Waals surface area contributed by atoms with Crippen molar-refractivity contribution in [3.05, 3.63) is 91.4 Å². The Morgan fingerprint density at radius 3 is 1.97 bits per heavy atom. The number of rotatable bonds is 4. The predicted molar refractivity (Wildman–Crippen MR) is 114 cm³/mol. The maximum Gasteiger partial charge on any atom is 0.283 e. The van der Waals surface area contributed by atoms with Gasteiger partial charge in [-0.15, -0.1) is 0 Å². The van der Waals surface area contributed by atoms with Crippen molar-refractivity contribution in [3.63, 3.8) is 0 Å². The van der Waals surface area contributed by atoms with Gasteiger partial charge in [-0.05, 0) is 35.9 Å². The summed E-state index contributed by atoms with van der Waals surface area (Å²) in [5, 5.41) is 20.4. The van der Waals surface area contributed by atoms with Crippen LogP contribution >= 0.6 is 46.4 Å². The van der Waals surface area contributed by atoms with Crippen LogP contribution in [0.3, 0.4) is 0 Å². The van der Waals surface area contributed by atoms with Crippen LogP contribution in [-0.4, -0.2) is 23.2 Å². The smallest absolute Gasteiger partial charge is 0.283 e. The molecule has 0 fully saturated rings. The fraction of sp³-hybridized carbons (Fsp3) is 0.0526. The Hall–Kier alpha value is -1.67. The number of phenolic OH excluding ortho intramolecular Hbond substituents is 2. The lowest BCUT2D eigenvalue weighted by atomic mass is 9.83. The largest absolute Gasteiger partial charge is 0.504 e. The predicted octanol–water partition coefficient (Wildman–Crippen LogP) is 5.89. The summed E-state index contributed by atoms with van der Waals surface area (Å²) in [6.07, 6.45) is 0. The molecule has 29 heavy (non-hydrogen) atoms. The zero-order valence-electron chi connectivity index (χ0n) is 14.3. The first-order valence-corrected chi connectivity index (χ1v) is 10.9. The molecule has 0 aromatic heterocycles. The van der Waals surface area contributed by atoms with Crippen LogP contribution in [0.4, 0.5) is 0 Å². The Bertz CT molecular complexity index is 1200. The Balaban J connectivity index is 2.65. The summed E-state index contributed by atoms with van der Waals surface area (Å²) >= 11 is 24.7. The van der Waals surface area contributed by atoms with Gasteiger partial charge in [0, 0.05) is 21.2 Å². The minimum atomic E-state index is -5.14. The van der Waals surface area contributed by atoms with Crippen molar-refractivity contribution < 1.29 is 23.2 Å². The van der Waals surface area contributed by atoms with Crippen molar-refractivity contribution in [1.29, 1.82) is 0 Å². The second-order valence-corrected chi connectivity index (χ2v) is 9.25. The van der Waals surface area contributed by atoms with E-state index < -0.39 is 26.4 Å². The van der Waals surface area contributed by atoms with Crippen molar-refractivity contribution in [2.24, 2.45) is 0 Å². The number of phenols is 2. The van der Waals surface area contributed by atoms with E-state index in [0.29, 0.717) is 5.02 Å². The van der Waals surface area contributed by atoms with E-state index in [9.17, 15) is 23.2 Å². The third-order valence-corrected chi connectivity index (χ3v) is 7.23. The van der Waals surface area contributed by atoms with Gasteiger partial charge in [0.2, 0.25) is 0 Å². The van der Waals surface area contributed by atoms with Crippen LogP contribution < -0.4 is 0 Å². The molecule has 3 aromatic rings. The highest BCUT2D eigenvalue weighted by atomic mass is 35.5. The number of para-hydroxylation sites is 1. The zero-order valence-corrected chi connectivity index (χ0v) is 18.1. The van der Waals surface area contributed by atoms with E-state index >= 15 is 0 Å². The summed E-state index contributed by atoms with van der Waals surface area (Å²) in [7, 11) is -5.14. The average Bonchev–Trinajstić information content (AvgIpc) is 2.65. The first-order chi connectivity index (χ1) is 13.5. The maximum atomic E-state index is 13.0. The topological polar surface area (TPSA) is 94.8 Å². The highest BCUT2D eigenvalue weighted by Crippen LogP contribution is 2.53. The number of hydrogen-bond acceptors (Lipinski definition) is 4. The number of halogens is 4. The van der Waals surface area contributed by atoms with Gasteiger partial charge in [-0.25, -0.2) is 0 Å². The third-order valence-electron chi connectivity index (χ3n) is 4.43. The molecule has 0 heterocycles. The summed E-state index contributed by atoms with van der Waals surface area (Å²) in [4.78, 5) is 0. The van der Waals surface area contributed by atoms with Crippen molar-refractivity contribution in [2.75, 3.05) is 0 Å². The van der Waals surface area contributed by atoms with Crippen molar-refractivity contribution >= 4 is 56.5 Å². The SMILES string of the molecule is O=S(=O)(O)C(c1ccc(Cl)cc1)(c1cccc(O)c1O)c1c(Cl)ccc(Cl)c1Cl. The van der Waals surface area contributed by atoms with Crippen LogP contribution in [-0.2, 0) is 14.9 Å². The van der Waals surface area contributed by atoms with Gasteiger partial charge >= 0.3 is 0 Å². The van der Waals surface area contributed by atoms with E-state index in [2.05, 4.69) is 0 Å². The molecule has 0 radical (unpaired) electrons. The molecule has 3 aromatic carbocycles. The van der Waals surface area contributed by atoms with Gasteiger partial charge in [-0.3, -0.25) is 4.55 Å². The lowest BCUT2D eigenvalue weighted by Gasteiger charge is -2.34. The maximum absolute atomic E-state index is 13.0. The second kappa shape index (κ2) is 7.87. The van der Waals surface area contributed by atoms with E-state index in [4.69, 9.17) is 46.4 Å². The number of hydrogen-bond donors (Lipinski definition) is 3. The summed E-state index contributed by atoms with van der Waals surface area (Å²) in [5.41, 5.74) is -0.719. The molecule has 0 aliphatic carbocycles. The van der Waals surface area contributed by atoms with Crippen LogP contribution in [0.15, 0.2) is 54.6 Å². The van der Waals surface area contributed by atoms with Gasteiger partial charge in [0.25, 0.3) is 10.1 Å². The molecule has 0 aliphatic heterocycles. The molecule has 0 bridgehead atoms. The van der Waals surface area contributed by atoms with Crippen LogP contribution in [0.2, 0.25) is 20.1 Å². The fourth-order valence-corrected chi connectivity index (χ4v) is 5.60. The summed E-state index contributed by atoms with van der Waals surface area (Å²) in [6.45, 7) is 0. The molecule has 3 N–H and O–H groups in total. The second-order valence-electron chi connectivity index (χ2n) is 6.05. The first kappa shape index (κ1) is 22.0. The Morgan fingerprint density at radius 1 is 0.793 bits per heavy atom. The van der Waals surface area contributed by atoms with Gasteiger partial charge in [0.1, 0.15) is 0 Å². The van der Waals surface area contributed by atoms with E-state index in [1.165, 1.54) is 48.5 Å². The molecule has 0 saturated heterocycles. The summed E-state index contributed by atoms with van der Waals surface area (Å²) in [5.74, 6) is -1.40. The Morgan fingerprint density at radius 2 is 1.38 bits per heavy atom. The summed E-state index contributed by atoms with van der Waals surface area (Å²) in [6, 6.07) is 11.8. The molecule has 3 rings (SSSR count). The minimum Gasteiger partial charge on any atom is -0.504 e. The number of aromatic hydroxyl groups is 2. The average molecular weight is 494 g/mol. The molecule has 0 aliphatic rings. The minimum absolute atomic E-state index is 0.0345. The Labute approximate surface area is 186 Å². The molecular formula is C19H12Cl4O5S. The normalized spacial score (nSPS) is 13.8. The molecule has 152 valence electrons. The number of benzene rings is 3. The van der Waals surface area contributed by atoms with Crippen LogP contribution in [0.25, 0.3) is 0 Å². The zero-order chi connectivity index (χ0) is 21.6. The lowest BCUT2D eigenvalue weighted by Crippen LogP contribution is -2.39. The Kier molecular flexibility index (Phi) is 5.98. The van der Waals surface area contributed by atoms with E-state index in [-0.39, 0.29) is 31.8 Å². The van der Waals surface area contributed by atoms with Crippen LogP contribution in [0.1, 0.15) is 16.7 Å². The molecule has 1 unspecified atom stereocenters. The quantitative estimate of drug-likeness (QED) is 0.182.